The van der Waals surface area contributed by atoms with Gasteiger partial charge in [0.25, 0.3) is 11.8 Å². The van der Waals surface area contributed by atoms with E-state index in [0.29, 0.717) is 37.3 Å². The van der Waals surface area contributed by atoms with Crippen molar-refractivity contribution in [3.05, 3.63) is 107 Å². The predicted molar refractivity (Wildman–Crippen MR) is 129 cm³/mol. The Bertz CT molecular complexity index is 1130. The maximum absolute atomic E-state index is 13.3. The Labute approximate surface area is 199 Å². The van der Waals surface area contributed by atoms with Crippen LogP contribution >= 0.6 is 0 Å². The number of imide groups is 1. The zero-order valence-electron chi connectivity index (χ0n) is 19.1. The first-order chi connectivity index (χ1) is 16.6. The third-order valence-corrected chi connectivity index (χ3v) is 6.79. The molecule has 34 heavy (non-hydrogen) atoms. The van der Waals surface area contributed by atoms with Crippen LogP contribution in [0.15, 0.2) is 84.9 Å². The van der Waals surface area contributed by atoms with E-state index in [1.54, 1.807) is 36.1 Å². The minimum Gasteiger partial charge on any atom is -0.338 e. The first-order valence-corrected chi connectivity index (χ1v) is 11.7. The summed E-state index contributed by atoms with van der Waals surface area (Å²) in [7, 11) is 0. The van der Waals surface area contributed by atoms with Crippen LogP contribution in [0.25, 0.3) is 0 Å². The lowest BCUT2D eigenvalue weighted by atomic mass is 9.96. The van der Waals surface area contributed by atoms with Gasteiger partial charge in [0.05, 0.1) is 17.2 Å². The molecule has 3 aromatic carbocycles. The fourth-order valence-corrected chi connectivity index (χ4v) is 5.02. The van der Waals surface area contributed by atoms with Gasteiger partial charge in [-0.1, -0.05) is 72.8 Å². The maximum atomic E-state index is 13.3. The van der Waals surface area contributed by atoms with E-state index >= 15 is 0 Å². The quantitative estimate of drug-likeness (QED) is 0.554. The molecule has 6 heteroatoms. The molecular formula is C28H27N3O3. The lowest BCUT2D eigenvalue weighted by Gasteiger charge is -2.41. The molecule has 3 aromatic rings. The predicted octanol–water partition coefficient (Wildman–Crippen LogP) is 3.60. The molecule has 5 rings (SSSR count). The highest BCUT2D eigenvalue weighted by Crippen LogP contribution is 2.30. The van der Waals surface area contributed by atoms with Gasteiger partial charge in [-0.15, -0.1) is 0 Å². The first-order valence-electron chi connectivity index (χ1n) is 11.7. The van der Waals surface area contributed by atoms with E-state index in [4.69, 9.17) is 0 Å². The third-order valence-electron chi connectivity index (χ3n) is 6.79. The molecular weight excluding hydrogens is 426 g/mol. The molecule has 3 amide bonds. The second-order valence-electron chi connectivity index (χ2n) is 8.79. The summed E-state index contributed by atoms with van der Waals surface area (Å²) in [5.41, 5.74) is 3.16. The zero-order chi connectivity index (χ0) is 23.7. The Morgan fingerprint density at radius 3 is 1.59 bits per heavy atom. The van der Waals surface area contributed by atoms with Crippen LogP contribution in [0.5, 0.6) is 0 Å². The van der Waals surface area contributed by atoms with Crippen LogP contribution in [0.1, 0.15) is 44.8 Å². The normalized spacial score (nSPS) is 17.2. The summed E-state index contributed by atoms with van der Waals surface area (Å²) in [5.74, 6) is -0.980. The average Bonchev–Trinajstić information content (AvgIpc) is 3.15. The van der Waals surface area contributed by atoms with Crippen LogP contribution in [0, 0.1) is 0 Å². The summed E-state index contributed by atoms with van der Waals surface area (Å²) in [6, 6.07) is 26.8. The highest BCUT2D eigenvalue weighted by Gasteiger charge is 2.42. The number of carbonyl (C=O) groups is 3. The van der Waals surface area contributed by atoms with Crippen LogP contribution in [0.2, 0.25) is 0 Å². The van der Waals surface area contributed by atoms with Crippen molar-refractivity contribution in [1.82, 2.24) is 14.7 Å². The summed E-state index contributed by atoms with van der Waals surface area (Å²) in [4.78, 5) is 44.2. The van der Waals surface area contributed by atoms with Crippen molar-refractivity contribution in [2.24, 2.45) is 0 Å². The lowest BCUT2D eigenvalue weighted by molar-refractivity contribution is -0.136. The minimum absolute atomic E-state index is 0.105. The monoisotopic (exact) mass is 453 g/mol. The molecule has 0 aliphatic carbocycles. The zero-order valence-corrected chi connectivity index (χ0v) is 19.1. The Hall–Kier alpha value is -3.77. The van der Waals surface area contributed by atoms with Gasteiger partial charge in [0.2, 0.25) is 5.91 Å². The number of benzene rings is 3. The Kier molecular flexibility index (Phi) is 5.99. The molecule has 2 heterocycles. The smallest absolute Gasteiger partial charge is 0.262 e. The van der Waals surface area contributed by atoms with Gasteiger partial charge in [0, 0.05) is 26.2 Å². The van der Waals surface area contributed by atoms with Crippen LogP contribution < -0.4 is 0 Å². The van der Waals surface area contributed by atoms with Gasteiger partial charge in [0.1, 0.15) is 6.04 Å². The number of hydrogen-bond donors (Lipinski definition) is 0. The third kappa shape index (κ3) is 3.90. The Morgan fingerprint density at radius 1 is 0.676 bits per heavy atom. The largest absolute Gasteiger partial charge is 0.338 e. The number of rotatable bonds is 5. The minimum atomic E-state index is -0.835. The number of fused-ring (bicyclic) bond motifs is 1. The Balaban J connectivity index is 1.30. The number of piperazine rings is 1. The first kappa shape index (κ1) is 22.0. The molecule has 2 aliphatic heterocycles. The van der Waals surface area contributed by atoms with E-state index < -0.39 is 17.9 Å². The van der Waals surface area contributed by atoms with E-state index in [1.165, 1.54) is 11.1 Å². The topological polar surface area (TPSA) is 60.9 Å². The molecule has 1 atom stereocenters. The van der Waals surface area contributed by atoms with Crippen molar-refractivity contribution in [1.29, 1.82) is 0 Å². The van der Waals surface area contributed by atoms with Crippen LogP contribution in [0.4, 0.5) is 0 Å². The second-order valence-corrected chi connectivity index (χ2v) is 8.79. The standard InChI is InChI=1S/C28H27N3O3/c1-20(31-27(33)23-14-8-9-15-24(23)28(31)34)26(32)30-18-16-29(17-19-30)25(21-10-4-2-5-11-21)22-12-6-3-7-13-22/h2-15,20,25H,16-19H2,1H3/t20-/m0/s1. The summed E-state index contributed by atoms with van der Waals surface area (Å²) in [6.07, 6.45) is 0. The van der Waals surface area contributed by atoms with Crippen molar-refractivity contribution in [2.45, 2.75) is 19.0 Å². The van der Waals surface area contributed by atoms with Gasteiger partial charge in [-0.25, -0.2) is 0 Å². The Morgan fingerprint density at radius 2 is 1.12 bits per heavy atom. The van der Waals surface area contributed by atoms with Gasteiger partial charge in [-0.3, -0.25) is 24.2 Å². The molecule has 0 bridgehead atoms. The van der Waals surface area contributed by atoms with Crippen molar-refractivity contribution >= 4 is 17.7 Å². The second kappa shape index (κ2) is 9.23. The summed E-state index contributed by atoms with van der Waals surface area (Å²) >= 11 is 0. The van der Waals surface area contributed by atoms with Gasteiger partial charge in [0.15, 0.2) is 0 Å². The van der Waals surface area contributed by atoms with E-state index in [1.807, 2.05) is 12.1 Å². The molecule has 6 nitrogen and oxygen atoms in total. The molecule has 172 valence electrons. The van der Waals surface area contributed by atoms with E-state index in [0.717, 1.165) is 4.90 Å². The van der Waals surface area contributed by atoms with E-state index in [9.17, 15) is 14.4 Å². The molecule has 0 radical (unpaired) electrons. The maximum Gasteiger partial charge on any atom is 0.262 e. The summed E-state index contributed by atoms with van der Waals surface area (Å²) < 4.78 is 0. The molecule has 0 saturated carbocycles. The van der Waals surface area contributed by atoms with Crippen LogP contribution in [-0.2, 0) is 4.79 Å². The van der Waals surface area contributed by atoms with Gasteiger partial charge < -0.3 is 4.90 Å². The fraction of sp³-hybridized carbons (Fsp3) is 0.250. The van der Waals surface area contributed by atoms with Crippen LogP contribution in [-0.4, -0.2) is 64.6 Å². The van der Waals surface area contributed by atoms with Gasteiger partial charge >= 0.3 is 0 Å². The SMILES string of the molecule is C[C@@H](C(=O)N1CCN(C(c2ccccc2)c2ccccc2)CC1)N1C(=O)c2ccccc2C1=O. The molecule has 2 aliphatic rings. The number of nitrogens with zero attached hydrogens (tertiary/aromatic N) is 3. The van der Waals surface area contributed by atoms with Gasteiger partial charge in [-0.05, 0) is 30.2 Å². The molecule has 1 saturated heterocycles. The van der Waals surface area contributed by atoms with Crippen molar-refractivity contribution in [2.75, 3.05) is 26.2 Å². The summed E-state index contributed by atoms with van der Waals surface area (Å²) in [5, 5.41) is 0. The van der Waals surface area contributed by atoms with Gasteiger partial charge in [-0.2, -0.15) is 0 Å². The molecule has 0 unspecified atom stereocenters. The number of hydrogen-bond acceptors (Lipinski definition) is 4. The molecule has 1 fully saturated rings. The van der Waals surface area contributed by atoms with E-state index in [-0.39, 0.29) is 11.9 Å². The van der Waals surface area contributed by atoms with Crippen molar-refractivity contribution in [3.8, 4) is 0 Å². The highest BCUT2D eigenvalue weighted by molar-refractivity contribution is 6.22. The summed E-state index contributed by atoms with van der Waals surface area (Å²) in [6.45, 7) is 4.14. The fourth-order valence-electron chi connectivity index (χ4n) is 5.02. The number of amides is 3. The molecule has 0 spiro atoms. The lowest BCUT2D eigenvalue weighted by Crippen LogP contribution is -2.55. The average molecular weight is 454 g/mol. The van der Waals surface area contributed by atoms with E-state index in [2.05, 4.69) is 53.4 Å². The van der Waals surface area contributed by atoms with Crippen molar-refractivity contribution in [3.63, 3.8) is 0 Å². The highest BCUT2D eigenvalue weighted by atomic mass is 16.2. The molecule has 0 N–H and O–H groups in total. The number of carbonyl (C=O) groups excluding carboxylic acids is 3. The molecule has 0 aromatic heterocycles. The van der Waals surface area contributed by atoms with Crippen molar-refractivity contribution < 1.29 is 14.4 Å². The van der Waals surface area contributed by atoms with Crippen LogP contribution in [0.3, 0.4) is 0 Å².